The van der Waals surface area contributed by atoms with Gasteiger partial charge >= 0.3 is 0 Å². The number of Topliss-reactive ketones (excluding diaryl/α,β-unsaturated/α-hetero) is 1. The van der Waals surface area contributed by atoms with Crippen LogP contribution in [0.5, 0.6) is 0 Å². The maximum atomic E-state index is 13.4. The van der Waals surface area contributed by atoms with Crippen molar-refractivity contribution in [1.29, 1.82) is 0 Å². The van der Waals surface area contributed by atoms with Crippen LogP contribution in [0.1, 0.15) is 73.3 Å². The number of carbonyl (C=O) groups excluding carboxylic acids is 1. The average molecular weight is 508 g/mol. The van der Waals surface area contributed by atoms with Crippen LogP contribution in [-0.2, 0) is 12.8 Å². The molecular formula is C31H39F2N3O. The molecule has 0 radical (unpaired) electrons. The minimum absolute atomic E-state index is 0. The van der Waals surface area contributed by atoms with Gasteiger partial charge in [0.1, 0.15) is 0 Å². The van der Waals surface area contributed by atoms with Crippen LogP contribution < -0.4 is 0 Å². The third kappa shape index (κ3) is 7.62. The molecule has 0 aliphatic carbocycles. The Morgan fingerprint density at radius 1 is 1.11 bits per heavy atom. The van der Waals surface area contributed by atoms with Crippen LogP contribution in [0, 0.1) is 6.92 Å². The minimum atomic E-state index is -2.51. The maximum absolute atomic E-state index is 13.4. The molecule has 1 aromatic heterocycles. The van der Waals surface area contributed by atoms with E-state index in [4.69, 9.17) is 0 Å². The van der Waals surface area contributed by atoms with Crippen LogP contribution in [0.25, 0.3) is 17.3 Å². The smallest absolute Gasteiger partial charge is 0.250 e. The molecule has 1 aliphatic heterocycles. The molecule has 4 rings (SSSR count). The standard InChI is InChI=1S/C29H31F2N3O.C2H6.H2/c1-4-24-16-25(27-19-32-18-20(2)33-27)17-26(28(24)21(3)35)15-23-7-5-22(6-8-23)9-12-34-13-10-29(30,31)11-14-34;1-2;/h4-8,16-19H,1,9-15H2,2-3H3;1-2H3;1H. The zero-order chi connectivity index (χ0) is 27.0. The summed E-state index contributed by atoms with van der Waals surface area (Å²) in [7, 11) is 0. The van der Waals surface area contributed by atoms with Gasteiger partial charge in [-0.15, -0.1) is 0 Å². The summed E-state index contributed by atoms with van der Waals surface area (Å²) < 4.78 is 26.7. The van der Waals surface area contributed by atoms with Crippen molar-refractivity contribution in [3.63, 3.8) is 0 Å². The fourth-order valence-corrected chi connectivity index (χ4v) is 4.64. The second kappa shape index (κ2) is 12.8. The van der Waals surface area contributed by atoms with Crippen molar-refractivity contribution in [2.45, 2.75) is 59.3 Å². The molecule has 37 heavy (non-hydrogen) atoms. The second-order valence-electron chi connectivity index (χ2n) is 9.35. The summed E-state index contributed by atoms with van der Waals surface area (Å²) in [5, 5.41) is 0. The normalized spacial score (nSPS) is 15.0. The van der Waals surface area contributed by atoms with Crippen molar-refractivity contribution in [3.8, 4) is 11.3 Å². The van der Waals surface area contributed by atoms with Crippen LogP contribution >= 0.6 is 0 Å². The molecule has 0 unspecified atom stereocenters. The van der Waals surface area contributed by atoms with Crippen LogP contribution in [0.15, 0.2) is 55.4 Å². The summed E-state index contributed by atoms with van der Waals surface area (Å²) in [5.41, 5.74) is 7.15. The quantitative estimate of drug-likeness (QED) is 0.297. The molecule has 1 saturated heterocycles. The van der Waals surface area contributed by atoms with Crippen molar-refractivity contribution in [3.05, 3.63) is 88.9 Å². The first-order chi connectivity index (χ1) is 17.7. The van der Waals surface area contributed by atoms with E-state index in [1.54, 1.807) is 25.4 Å². The van der Waals surface area contributed by atoms with Crippen LogP contribution in [0.3, 0.4) is 0 Å². The summed E-state index contributed by atoms with van der Waals surface area (Å²) in [6.07, 6.45) is 6.48. The zero-order valence-corrected chi connectivity index (χ0v) is 22.4. The van der Waals surface area contributed by atoms with Gasteiger partial charge in [0.15, 0.2) is 5.78 Å². The van der Waals surface area contributed by atoms with Gasteiger partial charge in [-0.1, -0.05) is 50.8 Å². The first-order valence-electron chi connectivity index (χ1n) is 13.0. The lowest BCUT2D eigenvalue weighted by Crippen LogP contribution is -2.40. The van der Waals surface area contributed by atoms with Gasteiger partial charge in [0, 0.05) is 51.2 Å². The lowest BCUT2D eigenvalue weighted by molar-refractivity contribution is -0.0548. The molecule has 2 aromatic carbocycles. The average Bonchev–Trinajstić information content (AvgIpc) is 2.89. The van der Waals surface area contributed by atoms with Gasteiger partial charge in [-0.25, -0.2) is 13.8 Å². The Hall–Kier alpha value is -3.25. The lowest BCUT2D eigenvalue weighted by Gasteiger charge is -2.31. The third-order valence-electron chi connectivity index (χ3n) is 6.60. The Labute approximate surface area is 221 Å². The summed E-state index contributed by atoms with van der Waals surface area (Å²) >= 11 is 0. The zero-order valence-electron chi connectivity index (χ0n) is 22.4. The van der Waals surface area contributed by atoms with Crippen molar-refractivity contribution >= 4 is 11.9 Å². The number of rotatable bonds is 8. The van der Waals surface area contributed by atoms with Gasteiger partial charge in [-0.2, -0.15) is 0 Å². The molecule has 1 fully saturated rings. The molecule has 4 nitrogen and oxygen atoms in total. The Balaban J connectivity index is 0.00000165. The van der Waals surface area contributed by atoms with Gasteiger partial charge < -0.3 is 4.90 Å². The van der Waals surface area contributed by atoms with E-state index in [0.717, 1.165) is 46.6 Å². The van der Waals surface area contributed by atoms with Gasteiger partial charge in [0.05, 0.1) is 17.6 Å². The predicted octanol–water partition coefficient (Wildman–Crippen LogP) is 7.43. The van der Waals surface area contributed by atoms with Gasteiger partial charge in [-0.3, -0.25) is 9.78 Å². The highest BCUT2D eigenvalue weighted by atomic mass is 19.3. The van der Waals surface area contributed by atoms with Crippen LogP contribution in [0.2, 0.25) is 0 Å². The van der Waals surface area contributed by atoms with E-state index in [1.165, 1.54) is 5.56 Å². The van der Waals surface area contributed by atoms with Crippen LogP contribution in [0.4, 0.5) is 8.78 Å². The molecule has 198 valence electrons. The highest BCUT2D eigenvalue weighted by molar-refractivity contribution is 6.00. The highest BCUT2D eigenvalue weighted by Gasteiger charge is 2.33. The van der Waals surface area contributed by atoms with Crippen molar-refractivity contribution in [2.24, 2.45) is 0 Å². The van der Waals surface area contributed by atoms with Gasteiger partial charge in [0.25, 0.3) is 5.92 Å². The van der Waals surface area contributed by atoms with E-state index >= 15 is 0 Å². The third-order valence-corrected chi connectivity index (χ3v) is 6.60. The first-order valence-corrected chi connectivity index (χ1v) is 13.0. The number of piperidine rings is 1. The summed E-state index contributed by atoms with van der Waals surface area (Å²) in [4.78, 5) is 23.5. The Morgan fingerprint density at radius 3 is 2.35 bits per heavy atom. The SMILES string of the molecule is C=Cc1cc(-c2cncc(C)n2)cc(Cc2ccc(CCN3CCC(F)(F)CC3)cc2)c1C(C)=O.CC.[HH]. The molecule has 6 heteroatoms. The largest absolute Gasteiger partial charge is 0.303 e. The number of alkyl halides is 2. The summed E-state index contributed by atoms with van der Waals surface area (Å²) in [5.74, 6) is -2.51. The van der Waals surface area contributed by atoms with Crippen molar-refractivity contribution in [1.82, 2.24) is 14.9 Å². The molecule has 0 spiro atoms. The van der Waals surface area contributed by atoms with Crippen molar-refractivity contribution in [2.75, 3.05) is 19.6 Å². The molecule has 0 bridgehead atoms. The Bertz CT molecular complexity index is 1220. The number of benzene rings is 2. The number of carbonyl (C=O) groups is 1. The van der Waals surface area contributed by atoms with Crippen LogP contribution in [-0.4, -0.2) is 46.2 Å². The maximum Gasteiger partial charge on any atom is 0.250 e. The molecule has 0 amide bonds. The Morgan fingerprint density at radius 2 is 1.76 bits per heavy atom. The fourth-order valence-electron chi connectivity index (χ4n) is 4.64. The van der Waals surface area contributed by atoms with E-state index in [1.807, 2.05) is 32.9 Å². The number of likely N-dealkylation sites (tertiary alicyclic amines) is 1. The van der Waals surface area contributed by atoms with E-state index in [0.29, 0.717) is 25.1 Å². The minimum Gasteiger partial charge on any atom is -0.303 e. The number of ketones is 1. The number of aryl methyl sites for hydroxylation is 1. The number of nitrogens with zero attached hydrogens (tertiary/aromatic N) is 3. The number of hydrogen-bond acceptors (Lipinski definition) is 4. The number of aromatic nitrogens is 2. The molecule has 0 N–H and O–H groups in total. The predicted molar refractivity (Wildman–Crippen MR) is 149 cm³/mol. The lowest BCUT2D eigenvalue weighted by atomic mass is 9.90. The van der Waals surface area contributed by atoms with E-state index in [-0.39, 0.29) is 20.1 Å². The summed E-state index contributed by atoms with van der Waals surface area (Å²) in [6.45, 7) is 13.1. The molecule has 0 atom stereocenters. The highest BCUT2D eigenvalue weighted by Crippen LogP contribution is 2.29. The molecule has 3 aromatic rings. The second-order valence-corrected chi connectivity index (χ2v) is 9.35. The Kier molecular flexibility index (Phi) is 9.81. The molecular weight excluding hydrogens is 468 g/mol. The summed E-state index contributed by atoms with van der Waals surface area (Å²) in [6, 6.07) is 12.3. The van der Waals surface area contributed by atoms with Gasteiger partial charge in [-0.05, 0) is 61.1 Å². The topological polar surface area (TPSA) is 46.1 Å². The molecule has 1 aliphatic rings. The van der Waals surface area contributed by atoms with E-state index in [2.05, 4.69) is 45.7 Å². The number of hydrogen-bond donors (Lipinski definition) is 0. The van der Waals surface area contributed by atoms with Gasteiger partial charge in [0.2, 0.25) is 0 Å². The first kappa shape index (κ1) is 28.3. The fraction of sp³-hybridized carbons (Fsp3) is 0.387. The van der Waals surface area contributed by atoms with E-state index < -0.39 is 5.92 Å². The van der Waals surface area contributed by atoms with Crippen molar-refractivity contribution < 1.29 is 15.0 Å². The molecule has 0 saturated carbocycles. The molecule has 2 heterocycles. The number of halogens is 2. The monoisotopic (exact) mass is 507 g/mol. The van der Waals surface area contributed by atoms with E-state index in [9.17, 15) is 13.6 Å².